The number of rotatable bonds is 7. The summed E-state index contributed by atoms with van der Waals surface area (Å²) in [6.45, 7) is 14.8. The van der Waals surface area contributed by atoms with Gasteiger partial charge in [0.2, 0.25) is 0 Å². The van der Waals surface area contributed by atoms with Gasteiger partial charge in [-0.2, -0.15) is 0 Å². The Hall–Kier alpha value is -3.54. The first-order valence-corrected chi connectivity index (χ1v) is 10.7. The number of nitrogens with zero attached hydrogens (tertiary/aromatic N) is 1. The molecule has 0 fully saturated rings. The molecule has 0 aliphatic carbocycles. The van der Waals surface area contributed by atoms with E-state index in [1.54, 1.807) is 36.4 Å². The lowest BCUT2D eigenvalue weighted by molar-refractivity contribution is 0.0696. The number of ketones is 2. The van der Waals surface area contributed by atoms with Gasteiger partial charge in [0.05, 0.1) is 5.56 Å². The van der Waals surface area contributed by atoms with Crippen LogP contribution in [0, 0.1) is 10.8 Å². The maximum Gasteiger partial charge on any atom is 0.344 e. The van der Waals surface area contributed by atoms with Gasteiger partial charge in [-0.15, -0.1) is 0 Å². The zero-order chi connectivity index (χ0) is 24.8. The van der Waals surface area contributed by atoms with Crippen molar-refractivity contribution in [1.29, 1.82) is 0 Å². The molecule has 6 nitrogen and oxygen atoms in total. The van der Waals surface area contributed by atoms with E-state index in [0.717, 1.165) is 0 Å². The second-order valence-electron chi connectivity index (χ2n) is 9.68. The molecule has 2 aromatic rings. The monoisotopic (exact) mass is 449 g/mol. The van der Waals surface area contributed by atoms with E-state index in [0.29, 0.717) is 16.7 Å². The van der Waals surface area contributed by atoms with E-state index in [4.69, 9.17) is 9.57 Å². The second kappa shape index (κ2) is 10.4. The van der Waals surface area contributed by atoms with Gasteiger partial charge in [-0.3, -0.25) is 9.59 Å². The number of esters is 1. The molecule has 0 radical (unpaired) electrons. The lowest BCUT2D eigenvalue weighted by Crippen LogP contribution is -2.21. The van der Waals surface area contributed by atoms with Crippen molar-refractivity contribution in [1.82, 2.24) is 0 Å². The number of oxime groups is 1. The highest BCUT2D eigenvalue weighted by Crippen LogP contribution is 2.22. The molecule has 0 unspecified atom stereocenters. The zero-order valence-electron chi connectivity index (χ0n) is 20.1. The number of ether oxygens (including phenoxy) is 1. The molecule has 0 saturated carbocycles. The average molecular weight is 450 g/mol. The minimum absolute atomic E-state index is 0.00247. The SMILES string of the molecule is C=CCO/N=C(/OC(=O)c1ccc(C(=O)C(C)(C)C)cc1)c1ccc(C(=O)C(C)(C)C)cc1. The standard InChI is InChI=1S/C27H31NO5/c1-8-17-32-28-24(20-13-9-18(10-14-20)22(29)26(2,3)4)33-25(31)21-15-11-19(12-16-21)23(30)27(5,6)7/h8-16H,1,17H2,2-7H3/b28-24+. The van der Waals surface area contributed by atoms with E-state index in [2.05, 4.69) is 11.7 Å². The molecule has 6 heteroatoms. The van der Waals surface area contributed by atoms with Gasteiger partial charge in [-0.25, -0.2) is 4.79 Å². The van der Waals surface area contributed by atoms with E-state index in [9.17, 15) is 14.4 Å². The molecule has 0 atom stereocenters. The summed E-state index contributed by atoms with van der Waals surface area (Å²) >= 11 is 0. The molecule has 2 rings (SSSR count). The summed E-state index contributed by atoms with van der Waals surface area (Å²) in [6.07, 6.45) is 1.51. The molecule has 0 N–H and O–H groups in total. The Kier molecular flexibility index (Phi) is 8.09. The van der Waals surface area contributed by atoms with E-state index in [1.807, 2.05) is 41.5 Å². The quantitative estimate of drug-likeness (QED) is 0.100. The number of hydrogen-bond donors (Lipinski definition) is 0. The molecule has 33 heavy (non-hydrogen) atoms. The summed E-state index contributed by atoms with van der Waals surface area (Å²) in [4.78, 5) is 42.8. The molecule has 0 aliphatic rings. The van der Waals surface area contributed by atoms with Crippen LogP contribution in [0.4, 0.5) is 0 Å². The van der Waals surface area contributed by atoms with Crippen molar-refractivity contribution in [2.75, 3.05) is 6.61 Å². The van der Waals surface area contributed by atoms with Crippen LogP contribution in [-0.2, 0) is 9.57 Å². The molecular formula is C27H31NO5. The highest BCUT2D eigenvalue weighted by Gasteiger charge is 2.24. The van der Waals surface area contributed by atoms with Crippen LogP contribution in [0.15, 0.2) is 66.3 Å². The van der Waals surface area contributed by atoms with Crippen molar-refractivity contribution in [2.45, 2.75) is 41.5 Å². The molecule has 0 heterocycles. The predicted molar refractivity (Wildman–Crippen MR) is 129 cm³/mol. The minimum atomic E-state index is -0.652. The summed E-state index contributed by atoms with van der Waals surface area (Å²) in [6, 6.07) is 12.9. The molecule has 0 aliphatic heterocycles. The van der Waals surface area contributed by atoms with Gasteiger partial charge in [0.25, 0.3) is 5.90 Å². The molecule has 0 aromatic heterocycles. The number of carbonyl (C=O) groups excluding carboxylic acids is 3. The summed E-state index contributed by atoms with van der Waals surface area (Å²) in [5.74, 6) is -0.725. The maximum absolute atomic E-state index is 12.7. The van der Waals surface area contributed by atoms with Crippen molar-refractivity contribution in [3.05, 3.63) is 83.4 Å². The van der Waals surface area contributed by atoms with Gasteiger partial charge in [0.1, 0.15) is 6.61 Å². The van der Waals surface area contributed by atoms with Gasteiger partial charge in [-0.05, 0) is 29.4 Å². The van der Waals surface area contributed by atoms with Crippen LogP contribution in [0.25, 0.3) is 0 Å². The van der Waals surface area contributed by atoms with E-state index < -0.39 is 16.8 Å². The van der Waals surface area contributed by atoms with Gasteiger partial charge >= 0.3 is 5.97 Å². The normalized spacial score (nSPS) is 12.1. The van der Waals surface area contributed by atoms with Crippen molar-refractivity contribution < 1.29 is 24.0 Å². The fraction of sp³-hybridized carbons (Fsp3) is 0.333. The van der Waals surface area contributed by atoms with Crippen molar-refractivity contribution in [3.63, 3.8) is 0 Å². The second-order valence-corrected chi connectivity index (χ2v) is 9.68. The molecule has 0 spiro atoms. The van der Waals surface area contributed by atoms with E-state index >= 15 is 0 Å². The van der Waals surface area contributed by atoms with E-state index in [1.165, 1.54) is 18.2 Å². The van der Waals surface area contributed by atoms with Gasteiger partial charge in [-0.1, -0.05) is 78.5 Å². The zero-order valence-corrected chi connectivity index (χ0v) is 20.1. The lowest BCUT2D eigenvalue weighted by Gasteiger charge is -2.17. The van der Waals surface area contributed by atoms with Crippen LogP contribution in [0.5, 0.6) is 0 Å². The third-order valence-electron chi connectivity index (χ3n) is 4.67. The Morgan fingerprint density at radius 2 is 1.15 bits per heavy atom. The number of benzene rings is 2. The molecule has 0 amide bonds. The summed E-state index contributed by atoms with van der Waals surface area (Å²) in [5.41, 5.74) is 0.752. The van der Waals surface area contributed by atoms with Crippen molar-refractivity contribution in [3.8, 4) is 0 Å². The fourth-order valence-corrected chi connectivity index (χ4v) is 2.81. The van der Waals surface area contributed by atoms with Crippen LogP contribution in [0.1, 0.15) is 78.2 Å². The Bertz CT molecular complexity index is 1050. The first kappa shape index (κ1) is 25.7. The molecule has 0 saturated heterocycles. The lowest BCUT2D eigenvalue weighted by atomic mass is 9.86. The minimum Gasteiger partial charge on any atom is -0.400 e. The Labute approximate surface area is 195 Å². The summed E-state index contributed by atoms with van der Waals surface area (Å²) in [7, 11) is 0. The van der Waals surface area contributed by atoms with Crippen LogP contribution in [0.2, 0.25) is 0 Å². The number of carbonyl (C=O) groups is 3. The first-order valence-electron chi connectivity index (χ1n) is 10.7. The molecular weight excluding hydrogens is 418 g/mol. The van der Waals surface area contributed by atoms with Gasteiger partial charge < -0.3 is 9.57 Å². The highest BCUT2D eigenvalue weighted by atomic mass is 16.7. The Morgan fingerprint density at radius 1 is 0.758 bits per heavy atom. The summed E-state index contributed by atoms with van der Waals surface area (Å²) in [5, 5.41) is 3.91. The van der Waals surface area contributed by atoms with E-state index in [-0.39, 0.29) is 29.6 Å². The third kappa shape index (κ3) is 6.97. The smallest absolute Gasteiger partial charge is 0.344 e. The van der Waals surface area contributed by atoms with Crippen molar-refractivity contribution in [2.24, 2.45) is 16.0 Å². The third-order valence-corrected chi connectivity index (χ3v) is 4.67. The Balaban J connectivity index is 2.26. The topological polar surface area (TPSA) is 82.0 Å². The predicted octanol–water partition coefficient (Wildman–Crippen LogP) is 5.87. The fourth-order valence-electron chi connectivity index (χ4n) is 2.81. The van der Waals surface area contributed by atoms with Crippen LogP contribution in [0.3, 0.4) is 0 Å². The maximum atomic E-state index is 12.7. The number of Topliss-reactive ketones (excluding diaryl/α,β-unsaturated/α-hetero) is 2. The first-order chi connectivity index (χ1) is 15.3. The summed E-state index contributed by atoms with van der Waals surface area (Å²) < 4.78 is 5.49. The van der Waals surface area contributed by atoms with Gasteiger partial charge in [0, 0.05) is 27.5 Å². The molecule has 174 valence electrons. The van der Waals surface area contributed by atoms with Crippen LogP contribution >= 0.6 is 0 Å². The van der Waals surface area contributed by atoms with Crippen molar-refractivity contribution >= 4 is 23.4 Å². The average Bonchev–Trinajstić information content (AvgIpc) is 2.76. The molecule has 0 bridgehead atoms. The largest absolute Gasteiger partial charge is 0.400 e. The highest BCUT2D eigenvalue weighted by molar-refractivity contribution is 6.06. The van der Waals surface area contributed by atoms with Crippen LogP contribution in [-0.4, -0.2) is 30.0 Å². The number of hydrogen-bond acceptors (Lipinski definition) is 6. The van der Waals surface area contributed by atoms with Crippen LogP contribution < -0.4 is 0 Å². The Morgan fingerprint density at radius 3 is 1.55 bits per heavy atom. The molecule has 2 aromatic carbocycles. The van der Waals surface area contributed by atoms with Gasteiger partial charge in [0.15, 0.2) is 11.6 Å².